The van der Waals surface area contributed by atoms with Gasteiger partial charge in [-0.3, -0.25) is 4.68 Å². The van der Waals surface area contributed by atoms with Crippen molar-refractivity contribution in [2.24, 2.45) is 7.05 Å². The zero-order chi connectivity index (χ0) is 11.3. The smallest absolute Gasteiger partial charge is 0.140 e. The normalized spacial score (nSPS) is 12.0. The fourth-order valence-electron chi connectivity index (χ4n) is 1.19. The molecule has 1 aromatic rings. The first-order chi connectivity index (χ1) is 7.17. The van der Waals surface area contributed by atoms with E-state index < -0.39 is 0 Å². The molecule has 86 valence electrons. The Morgan fingerprint density at radius 3 is 2.53 bits per heavy atom. The molecule has 1 N–H and O–H groups in total. The molecule has 0 spiro atoms. The van der Waals surface area contributed by atoms with Crippen LogP contribution in [0.1, 0.15) is 19.2 Å². The summed E-state index contributed by atoms with van der Waals surface area (Å²) in [6, 6.07) is 0. The largest absolute Gasteiger partial charge is 0.302 e. The minimum Gasteiger partial charge on any atom is -0.302 e. The van der Waals surface area contributed by atoms with Crippen molar-refractivity contribution in [1.29, 1.82) is 0 Å². The first-order valence-electron chi connectivity index (χ1n) is 4.87. The molecule has 0 saturated carbocycles. The number of hydrogen-bond donors (Lipinski definition) is 1. The van der Waals surface area contributed by atoms with Crippen molar-refractivity contribution in [3.63, 3.8) is 0 Å². The summed E-state index contributed by atoms with van der Waals surface area (Å²) in [5, 5.41) is 7.33. The van der Waals surface area contributed by atoms with E-state index in [4.69, 9.17) is 23.2 Å². The first-order valence-corrected chi connectivity index (χ1v) is 5.94. The maximum absolute atomic E-state index is 5.91. The minimum atomic E-state index is -0.213. The molecule has 0 saturated heterocycles. The van der Waals surface area contributed by atoms with Gasteiger partial charge in [0.15, 0.2) is 0 Å². The van der Waals surface area contributed by atoms with Gasteiger partial charge in [-0.05, 0) is 6.42 Å². The molecule has 0 atom stereocenters. The van der Waals surface area contributed by atoms with Gasteiger partial charge in [0.2, 0.25) is 0 Å². The second-order valence-electron chi connectivity index (χ2n) is 3.55. The summed E-state index contributed by atoms with van der Waals surface area (Å²) < 4.78 is 1.73. The number of hydrogen-bond acceptors (Lipinski definition) is 3. The summed E-state index contributed by atoms with van der Waals surface area (Å²) in [5.41, 5.74) is -0.213. The van der Waals surface area contributed by atoms with E-state index in [9.17, 15) is 0 Å². The molecule has 6 heteroatoms. The standard InChI is InChI=1S/C9H16Cl2N4/c1-3-9(5-10,6-11)13-4-8-12-7-14-15(8)2/h7,13H,3-6H2,1-2H3. The predicted octanol–water partition coefficient (Wildman–Crippen LogP) is 1.53. The van der Waals surface area contributed by atoms with Crippen molar-refractivity contribution >= 4 is 23.2 Å². The molecule has 1 rings (SSSR count). The summed E-state index contributed by atoms with van der Waals surface area (Å²) in [6.07, 6.45) is 2.42. The second kappa shape index (κ2) is 5.68. The average molecular weight is 251 g/mol. The molecule has 0 aromatic carbocycles. The van der Waals surface area contributed by atoms with Crippen LogP contribution in [0.3, 0.4) is 0 Å². The van der Waals surface area contributed by atoms with Gasteiger partial charge < -0.3 is 5.32 Å². The van der Waals surface area contributed by atoms with Gasteiger partial charge in [-0.1, -0.05) is 6.92 Å². The summed E-state index contributed by atoms with van der Waals surface area (Å²) in [7, 11) is 1.86. The Labute approximate surface area is 100.0 Å². The topological polar surface area (TPSA) is 42.7 Å². The molecule has 1 aromatic heterocycles. The Morgan fingerprint density at radius 2 is 2.13 bits per heavy atom. The van der Waals surface area contributed by atoms with E-state index in [-0.39, 0.29) is 5.54 Å². The van der Waals surface area contributed by atoms with Gasteiger partial charge in [0, 0.05) is 24.3 Å². The maximum Gasteiger partial charge on any atom is 0.140 e. The molecule has 0 radical (unpaired) electrons. The van der Waals surface area contributed by atoms with E-state index in [0.29, 0.717) is 18.3 Å². The van der Waals surface area contributed by atoms with Gasteiger partial charge in [-0.2, -0.15) is 5.10 Å². The van der Waals surface area contributed by atoms with E-state index in [1.54, 1.807) is 4.68 Å². The number of rotatable bonds is 6. The van der Waals surface area contributed by atoms with Gasteiger partial charge in [0.05, 0.1) is 6.54 Å². The van der Waals surface area contributed by atoms with Crippen LogP contribution in [0.5, 0.6) is 0 Å². The second-order valence-corrected chi connectivity index (χ2v) is 4.09. The molecule has 1 heterocycles. The Hall–Kier alpha value is -0.320. The zero-order valence-corrected chi connectivity index (χ0v) is 10.5. The minimum absolute atomic E-state index is 0.213. The Kier molecular flexibility index (Phi) is 4.83. The lowest BCUT2D eigenvalue weighted by Gasteiger charge is -2.29. The fraction of sp³-hybridized carbons (Fsp3) is 0.778. The number of aromatic nitrogens is 3. The van der Waals surface area contributed by atoms with Crippen molar-refractivity contribution in [2.75, 3.05) is 11.8 Å². The molecule has 0 fully saturated rings. The molecule has 0 aliphatic heterocycles. The van der Waals surface area contributed by atoms with Crippen LogP contribution in [0.25, 0.3) is 0 Å². The van der Waals surface area contributed by atoms with E-state index in [0.717, 1.165) is 12.2 Å². The van der Waals surface area contributed by atoms with E-state index in [1.807, 2.05) is 7.05 Å². The van der Waals surface area contributed by atoms with Crippen molar-refractivity contribution < 1.29 is 0 Å². The van der Waals surface area contributed by atoms with Gasteiger partial charge in [0.1, 0.15) is 12.2 Å². The number of aryl methyl sites for hydroxylation is 1. The van der Waals surface area contributed by atoms with Crippen LogP contribution >= 0.6 is 23.2 Å². The summed E-state index contributed by atoms with van der Waals surface area (Å²) in [6.45, 7) is 2.69. The Morgan fingerprint density at radius 1 is 1.47 bits per heavy atom. The fourth-order valence-corrected chi connectivity index (χ4v) is 2.04. The van der Waals surface area contributed by atoms with Crippen LogP contribution in [0.15, 0.2) is 6.33 Å². The third kappa shape index (κ3) is 3.06. The van der Waals surface area contributed by atoms with Crippen molar-refractivity contribution in [3.05, 3.63) is 12.2 Å². The number of nitrogens with zero attached hydrogens (tertiary/aromatic N) is 3. The van der Waals surface area contributed by atoms with Crippen LogP contribution in [0.2, 0.25) is 0 Å². The number of nitrogens with one attached hydrogen (secondary N) is 1. The molecular weight excluding hydrogens is 235 g/mol. The molecule has 0 aliphatic rings. The predicted molar refractivity (Wildman–Crippen MR) is 62.3 cm³/mol. The SMILES string of the molecule is CCC(CCl)(CCl)NCc1ncnn1C. The zero-order valence-electron chi connectivity index (χ0n) is 9.00. The highest BCUT2D eigenvalue weighted by Crippen LogP contribution is 2.15. The molecule has 0 bridgehead atoms. The maximum atomic E-state index is 5.91. The van der Waals surface area contributed by atoms with Crippen LogP contribution in [-0.2, 0) is 13.6 Å². The summed E-state index contributed by atoms with van der Waals surface area (Å²) in [4.78, 5) is 4.12. The molecule has 15 heavy (non-hydrogen) atoms. The first kappa shape index (κ1) is 12.7. The van der Waals surface area contributed by atoms with Crippen LogP contribution in [-0.4, -0.2) is 32.1 Å². The number of alkyl halides is 2. The van der Waals surface area contributed by atoms with Crippen LogP contribution in [0.4, 0.5) is 0 Å². The van der Waals surface area contributed by atoms with E-state index in [2.05, 4.69) is 22.3 Å². The van der Waals surface area contributed by atoms with Gasteiger partial charge >= 0.3 is 0 Å². The van der Waals surface area contributed by atoms with Gasteiger partial charge in [-0.15, -0.1) is 23.2 Å². The van der Waals surface area contributed by atoms with Crippen molar-refractivity contribution in [1.82, 2.24) is 20.1 Å². The lowest BCUT2D eigenvalue weighted by molar-refractivity contribution is 0.376. The van der Waals surface area contributed by atoms with Gasteiger partial charge in [0.25, 0.3) is 0 Å². The summed E-state index contributed by atoms with van der Waals surface area (Å²) in [5.74, 6) is 1.86. The van der Waals surface area contributed by atoms with Crippen molar-refractivity contribution in [3.8, 4) is 0 Å². The molecule has 4 nitrogen and oxygen atoms in total. The molecule has 0 amide bonds. The van der Waals surface area contributed by atoms with E-state index >= 15 is 0 Å². The highest BCUT2D eigenvalue weighted by molar-refractivity contribution is 6.22. The Balaban J connectivity index is 2.58. The lowest BCUT2D eigenvalue weighted by atomic mass is 10.0. The molecule has 0 aliphatic carbocycles. The quantitative estimate of drug-likeness (QED) is 0.780. The van der Waals surface area contributed by atoms with Crippen LogP contribution < -0.4 is 5.32 Å². The van der Waals surface area contributed by atoms with E-state index in [1.165, 1.54) is 6.33 Å². The summed E-state index contributed by atoms with van der Waals surface area (Å²) >= 11 is 11.8. The monoisotopic (exact) mass is 250 g/mol. The molecular formula is C9H16Cl2N4. The third-order valence-electron chi connectivity index (χ3n) is 2.62. The lowest BCUT2D eigenvalue weighted by Crippen LogP contribution is -2.48. The van der Waals surface area contributed by atoms with Crippen LogP contribution in [0, 0.1) is 0 Å². The third-order valence-corrected chi connectivity index (χ3v) is 3.64. The average Bonchev–Trinajstić information content (AvgIpc) is 2.67. The van der Waals surface area contributed by atoms with Gasteiger partial charge in [-0.25, -0.2) is 4.98 Å². The molecule has 0 unspecified atom stereocenters. The highest BCUT2D eigenvalue weighted by atomic mass is 35.5. The number of halogens is 2. The Bertz CT molecular complexity index is 288. The highest BCUT2D eigenvalue weighted by Gasteiger charge is 2.25. The van der Waals surface area contributed by atoms with Crippen molar-refractivity contribution in [2.45, 2.75) is 25.4 Å².